The number of hydrogen-bond acceptors (Lipinski definition) is 3. The van der Waals surface area contributed by atoms with Gasteiger partial charge in [-0.3, -0.25) is 4.79 Å². The lowest BCUT2D eigenvalue weighted by atomic mass is 9.84. The Kier molecular flexibility index (Phi) is 3.23. The highest BCUT2D eigenvalue weighted by Gasteiger charge is 2.23. The van der Waals surface area contributed by atoms with Crippen LogP contribution in [0.25, 0.3) is 6.08 Å². The molecular weight excluding hydrogens is 264 g/mol. The van der Waals surface area contributed by atoms with E-state index < -0.39 is 0 Å². The van der Waals surface area contributed by atoms with Gasteiger partial charge in [0.2, 0.25) is 6.79 Å². The van der Waals surface area contributed by atoms with Crippen molar-refractivity contribution in [3.8, 4) is 11.5 Å². The van der Waals surface area contributed by atoms with E-state index in [0.717, 1.165) is 30.4 Å². The van der Waals surface area contributed by atoms with Crippen LogP contribution in [0.4, 0.5) is 0 Å². The van der Waals surface area contributed by atoms with E-state index in [-0.39, 0.29) is 18.5 Å². The van der Waals surface area contributed by atoms with E-state index in [1.54, 1.807) is 6.07 Å². The fraction of sp³-hybridized carbons (Fsp3) is 0.400. The van der Waals surface area contributed by atoms with E-state index in [0.29, 0.717) is 16.5 Å². The number of hydrogen-bond donors (Lipinski definition) is 0. The number of fused-ring (bicyclic) bond motifs is 1. The normalized spacial score (nSPS) is 24.0. The maximum absolute atomic E-state index is 12.1. The van der Waals surface area contributed by atoms with Crippen LogP contribution in [0, 0.1) is 5.92 Å². The molecule has 1 aromatic carbocycles. The Labute approximate surface area is 117 Å². The van der Waals surface area contributed by atoms with Crippen molar-refractivity contribution >= 4 is 23.5 Å². The van der Waals surface area contributed by atoms with Gasteiger partial charge in [0.15, 0.2) is 17.3 Å². The van der Waals surface area contributed by atoms with Crippen LogP contribution in [0.2, 0.25) is 5.02 Å². The Hall–Kier alpha value is -1.48. The molecule has 0 aromatic heterocycles. The molecule has 0 bridgehead atoms. The topological polar surface area (TPSA) is 35.5 Å². The maximum atomic E-state index is 12.1. The van der Waals surface area contributed by atoms with Gasteiger partial charge in [0.1, 0.15) is 0 Å². The number of ketones is 1. The highest BCUT2D eigenvalue weighted by atomic mass is 35.5. The molecule has 0 radical (unpaired) electrons. The number of ether oxygens (including phenoxy) is 2. The molecule has 4 heteroatoms. The van der Waals surface area contributed by atoms with Gasteiger partial charge in [-0.25, -0.2) is 0 Å². The van der Waals surface area contributed by atoms with Gasteiger partial charge in [-0.15, -0.1) is 0 Å². The number of benzene rings is 1. The van der Waals surface area contributed by atoms with Crippen LogP contribution in [0.1, 0.15) is 31.7 Å². The second kappa shape index (κ2) is 4.89. The van der Waals surface area contributed by atoms with Crippen LogP contribution < -0.4 is 9.47 Å². The smallest absolute Gasteiger partial charge is 0.231 e. The second-order valence-electron chi connectivity index (χ2n) is 5.05. The van der Waals surface area contributed by atoms with E-state index in [2.05, 4.69) is 0 Å². The molecule has 1 aliphatic heterocycles. The lowest BCUT2D eigenvalue weighted by Gasteiger charge is -2.19. The summed E-state index contributed by atoms with van der Waals surface area (Å²) in [5.74, 6) is 1.70. The number of carbonyl (C=O) groups excluding carboxylic acids is 1. The molecule has 3 rings (SSSR count). The molecule has 0 saturated heterocycles. The van der Waals surface area contributed by atoms with Gasteiger partial charge in [-0.1, -0.05) is 18.5 Å². The van der Waals surface area contributed by atoms with Crippen LogP contribution >= 0.6 is 11.6 Å². The minimum atomic E-state index is 0.118. The van der Waals surface area contributed by atoms with Crippen molar-refractivity contribution in [2.24, 2.45) is 5.92 Å². The Morgan fingerprint density at radius 2 is 2.05 bits per heavy atom. The summed E-state index contributed by atoms with van der Waals surface area (Å²) in [6.45, 7) is 2.21. The first-order chi connectivity index (χ1) is 9.15. The van der Waals surface area contributed by atoms with Crippen molar-refractivity contribution in [3.05, 3.63) is 28.3 Å². The summed E-state index contributed by atoms with van der Waals surface area (Å²) in [5.41, 5.74) is 1.68. The summed E-state index contributed by atoms with van der Waals surface area (Å²) in [4.78, 5) is 12.1. The van der Waals surface area contributed by atoms with E-state index in [1.165, 1.54) is 0 Å². The summed E-state index contributed by atoms with van der Waals surface area (Å²) in [6.07, 6.45) is 4.75. The fourth-order valence-electron chi connectivity index (χ4n) is 2.54. The summed E-state index contributed by atoms with van der Waals surface area (Å²) < 4.78 is 10.6. The molecule has 1 unspecified atom stereocenters. The molecule has 1 atom stereocenters. The average molecular weight is 279 g/mol. The Bertz CT molecular complexity index is 563. The van der Waals surface area contributed by atoms with Gasteiger partial charge < -0.3 is 9.47 Å². The highest BCUT2D eigenvalue weighted by Crippen LogP contribution is 2.38. The van der Waals surface area contributed by atoms with E-state index in [9.17, 15) is 4.79 Å². The van der Waals surface area contributed by atoms with Crippen molar-refractivity contribution in [2.45, 2.75) is 26.2 Å². The summed E-state index contributed by atoms with van der Waals surface area (Å²) in [5, 5.41) is 0.586. The fourth-order valence-corrected chi connectivity index (χ4v) is 2.75. The molecule has 1 heterocycles. The standard InChI is InChI=1S/C15H15ClO3/c1-9-3-2-4-10(15(9)17)5-11-6-13-14(7-12(11)16)19-8-18-13/h5-7,9H,2-4,8H2,1H3/b10-5-. The Morgan fingerprint density at radius 1 is 1.32 bits per heavy atom. The maximum Gasteiger partial charge on any atom is 0.231 e. The number of Topliss-reactive ketones (excluding diaryl/α,β-unsaturated/α-hetero) is 1. The number of allylic oxidation sites excluding steroid dienone is 1. The van der Waals surface area contributed by atoms with Crippen LogP contribution in [-0.4, -0.2) is 12.6 Å². The van der Waals surface area contributed by atoms with Gasteiger partial charge >= 0.3 is 0 Å². The molecule has 0 amide bonds. The SMILES string of the molecule is CC1CCC/C(=C/c2cc3c(cc2Cl)OCO3)C1=O. The van der Waals surface area contributed by atoms with E-state index in [1.807, 2.05) is 19.1 Å². The van der Waals surface area contributed by atoms with Crippen molar-refractivity contribution < 1.29 is 14.3 Å². The largest absolute Gasteiger partial charge is 0.454 e. The molecule has 3 nitrogen and oxygen atoms in total. The van der Waals surface area contributed by atoms with Gasteiger partial charge in [0.25, 0.3) is 0 Å². The summed E-state index contributed by atoms with van der Waals surface area (Å²) >= 11 is 6.22. The molecule has 0 spiro atoms. The van der Waals surface area contributed by atoms with Crippen molar-refractivity contribution in [3.63, 3.8) is 0 Å². The van der Waals surface area contributed by atoms with Gasteiger partial charge in [-0.05, 0) is 42.5 Å². The molecule has 0 N–H and O–H groups in total. The molecule has 2 aliphatic rings. The first kappa shape index (κ1) is 12.5. The third-order valence-electron chi connectivity index (χ3n) is 3.67. The zero-order valence-corrected chi connectivity index (χ0v) is 11.5. The van der Waals surface area contributed by atoms with Gasteiger partial charge in [0, 0.05) is 12.0 Å². The van der Waals surface area contributed by atoms with Crippen LogP contribution in [0.5, 0.6) is 11.5 Å². The summed E-state index contributed by atoms with van der Waals surface area (Å²) in [7, 11) is 0. The van der Waals surface area contributed by atoms with Crippen molar-refractivity contribution in [2.75, 3.05) is 6.79 Å². The van der Waals surface area contributed by atoms with Crippen molar-refractivity contribution in [1.82, 2.24) is 0 Å². The van der Waals surface area contributed by atoms with Crippen LogP contribution in [0.3, 0.4) is 0 Å². The Balaban J connectivity index is 1.96. The first-order valence-corrected chi connectivity index (χ1v) is 6.87. The van der Waals surface area contributed by atoms with Gasteiger partial charge in [0.05, 0.1) is 5.02 Å². The average Bonchev–Trinajstić information content (AvgIpc) is 2.82. The molecule has 100 valence electrons. The van der Waals surface area contributed by atoms with Crippen LogP contribution in [-0.2, 0) is 4.79 Å². The zero-order valence-electron chi connectivity index (χ0n) is 10.7. The minimum Gasteiger partial charge on any atom is -0.454 e. The summed E-state index contributed by atoms with van der Waals surface area (Å²) in [6, 6.07) is 3.58. The molecular formula is C15H15ClO3. The predicted molar refractivity (Wildman–Crippen MR) is 73.6 cm³/mol. The molecule has 1 aromatic rings. The Morgan fingerprint density at radius 3 is 2.84 bits per heavy atom. The molecule has 1 aliphatic carbocycles. The second-order valence-corrected chi connectivity index (χ2v) is 5.46. The lowest BCUT2D eigenvalue weighted by Crippen LogP contribution is -2.18. The first-order valence-electron chi connectivity index (χ1n) is 6.49. The highest BCUT2D eigenvalue weighted by molar-refractivity contribution is 6.32. The minimum absolute atomic E-state index is 0.118. The van der Waals surface area contributed by atoms with Crippen molar-refractivity contribution in [1.29, 1.82) is 0 Å². The van der Waals surface area contributed by atoms with Crippen LogP contribution in [0.15, 0.2) is 17.7 Å². The molecule has 19 heavy (non-hydrogen) atoms. The number of rotatable bonds is 1. The number of carbonyl (C=O) groups is 1. The van der Waals surface area contributed by atoms with E-state index in [4.69, 9.17) is 21.1 Å². The third kappa shape index (κ3) is 2.35. The quantitative estimate of drug-likeness (QED) is 0.732. The predicted octanol–water partition coefficient (Wildman–Crippen LogP) is 3.84. The lowest BCUT2D eigenvalue weighted by molar-refractivity contribution is -0.119. The molecule has 1 fully saturated rings. The molecule has 1 saturated carbocycles. The zero-order chi connectivity index (χ0) is 13.4. The monoisotopic (exact) mass is 278 g/mol. The third-order valence-corrected chi connectivity index (χ3v) is 4.00. The number of halogens is 1. The van der Waals surface area contributed by atoms with Gasteiger partial charge in [-0.2, -0.15) is 0 Å². The van der Waals surface area contributed by atoms with E-state index >= 15 is 0 Å².